The van der Waals surface area contributed by atoms with E-state index in [0.717, 1.165) is 12.3 Å². The van der Waals surface area contributed by atoms with E-state index in [0.29, 0.717) is 6.04 Å². The number of hydrogen-bond acceptors (Lipinski definition) is 2. The fraction of sp³-hybridized carbons (Fsp3) is 0.429. The molecule has 0 fully saturated rings. The lowest BCUT2D eigenvalue weighted by Gasteiger charge is -2.15. The van der Waals surface area contributed by atoms with Crippen LogP contribution in [-0.4, -0.2) is 13.7 Å². The maximum absolute atomic E-state index is 5.15. The van der Waals surface area contributed by atoms with Gasteiger partial charge in [0.15, 0.2) is 0 Å². The molecule has 0 saturated heterocycles. The Kier molecular flexibility index (Phi) is 5.06. The minimum absolute atomic E-state index is 0.293. The van der Waals surface area contributed by atoms with Crippen molar-refractivity contribution in [2.45, 2.75) is 26.8 Å². The van der Waals surface area contributed by atoms with Gasteiger partial charge in [-0.25, -0.2) is 0 Å². The Morgan fingerprint density at radius 3 is 2.38 bits per heavy atom. The summed E-state index contributed by atoms with van der Waals surface area (Å²) < 4.78 is 5.15. The zero-order valence-electron chi connectivity index (χ0n) is 10.6. The molecule has 0 amide bonds. The SMILES string of the molecule is CCNC(C=C(C)C)c1ccc(OC)cc1. The molecule has 16 heavy (non-hydrogen) atoms. The summed E-state index contributed by atoms with van der Waals surface area (Å²) in [6.07, 6.45) is 2.24. The third kappa shape index (κ3) is 3.70. The van der Waals surface area contributed by atoms with Crippen molar-refractivity contribution in [3.05, 3.63) is 41.5 Å². The average Bonchev–Trinajstić information content (AvgIpc) is 2.28. The molecule has 1 atom stereocenters. The van der Waals surface area contributed by atoms with E-state index in [1.807, 2.05) is 12.1 Å². The summed E-state index contributed by atoms with van der Waals surface area (Å²) in [5, 5.41) is 3.45. The summed E-state index contributed by atoms with van der Waals surface area (Å²) >= 11 is 0. The third-order valence-electron chi connectivity index (χ3n) is 2.40. The predicted octanol–water partition coefficient (Wildman–Crippen LogP) is 3.31. The second-order valence-electron chi connectivity index (χ2n) is 4.05. The van der Waals surface area contributed by atoms with Crippen molar-refractivity contribution < 1.29 is 4.74 Å². The molecule has 1 aromatic carbocycles. The first-order valence-electron chi connectivity index (χ1n) is 5.69. The Bertz CT molecular complexity index is 336. The standard InChI is InChI=1S/C14H21NO/c1-5-15-14(10-11(2)3)12-6-8-13(16-4)9-7-12/h6-10,14-15H,5H2,1-4H3. The monoisotopic (exact) mass is 219 g/mol. The molecule has 1 unspecified atom stereocenters. The molecule has 0 aliphatic carbocycles. The van der Waals surface area contributed by atoms with Crippen LogP contribution in [0.5, 0.6) is 5.75 Å². The molecule has 2 nitrogen and oxygen atoms in total. The second-order valence-corrected chi connectivity index (χ2v) is 4.05. The second kappa shape index (κ2) is 6.33. The van der Waals surface area contributed by atoms with E-state index in [-0.39, 0.29) is 0 Å². The highest BCUT2D eigenvalue weighted by atomic mass is 16.5. The fourth-order valence-electron chi connectivity index (χ4n) is 1.64. The molecular formula is C14H21NO. The van der Waals surface area contributed by atoms with E-state index >= 15 is 0 Å². The Morgan fingerprint density at radius 2 is 1.94 bits per heavy atom. The van der Waals surface area contributed by atoms with Gasteiger partial charge in [-0.15, -0.1) is 0 Å². The topological polar surface area (TPSA) is 21.3 Å². The first-order valence-corrected chi connectivity index (χ1v) is 5.69. The van der Waals surface area contributed by atoms with E-state index in [9.17, 15) is 0 Å². The van der Waals surface area contributed by atoms with Gasteiger partial charge < -0.3 is 10.1 Å². The lowest BCUT2D eigenvalue weighted by atomic mass is 10.0. The van der Waals surface area contributed by atoms with Crippen molar-refractivity contribution in [3.8, 4) is 5.75 Å². The number of methoxy groups -OCH3 is 1. The Morgan fingerprint density at radius 1 is 1.31 bits per heavy atom. The Hall–Kier alpha value is -1.28. The molecule has 0 spiro atoms. The minimum Gasteiger partial charge on any atom is -0.497 e. The molecular weight excluding hydrogens is 198 g/mol. The maximum atomic E-state index is 5.15. The molecule has 1 N–H and O–H groups in total. The number of benzene rings is 1. The Labute approximate surface area is 98.3 Å². The largest absolute Gasteiger partial charge is 0.497 e. The average molecular weight is 219 g/mol. The Balaban J connectivity index is 2.88. The van der Waals surface area contributed by atoms with Crippen molar-refractivity contribution in [1.82, 2.24) is 5.32 Å². The molecule has 88 valence electrons. The summed E-state index contributed by atoms with van der Waals surface area (Å²) in [5.41, 5.74) is 2.59. The number of hydrogen-bond donors (Lipinski definition) is 1. The summed E-state index contributed by atoms with van der Waals surface area (Å²) in [5.74, 6) is 0.899. The quantitative estimate of drug-likeness (QED) is 0.767. The zero-order chi connectivity index (χ0) is 12.0. The van der Waals surface area contributed by atoms with Crippen LogP contribution in [0.15, 0.2) is 35.9 Å². The van der Waals surface area contributed by atoms with Crippen LogP contribution in [0.2, 0.25) is 0 Å². The zero-order valence-corrected chi connectivity index (χ0v) is 10.6. The van der Waals surface area contributed by atoms with Gasteiger partial charge in [0.1, 0.15) is 5.75 Å². The van der Waals surface area contributed by atoms with Crippen LogP contribution in [0.25, 0.3) is 0 Å². The van der Waals surface area contributed by atoms with Gasteiger partial charge in [-0.2, -0.15) is 0 Å². The van der Waals surface area contributed by atoms with Crippen molar-refractivity contribution >= 4 is 0 Å². The molecule has 0 radical (unpaired) electrons. The molecule has 0 aliphatic heterocycles. The molecule has 1 rings (SSSR count). The fourth-order valence-corrected chi connectivity index (χ4v) is 1.64. The van der Waals surface area contributed by atoms with Crippen LogP contribution in [0.4, 0.5) is 0 Å². The van der Waals surface area contributed by atoms with Gasteiger partial charge in [0.25, 0.3) is 0 Å². The molecule has 0 saturated carbocycles. The molecule has 0 bridgehead atoms. The first kappa shape index (κ1) is 12.8. The highest BCUT2D eigenvalue weighted by Crippen LogP contribution is 2.19. The predicted molar refractivity (Wildman–Crippen MR) is 68.8 cm³/mol. The van der Waals surface area contributed by atoms with Crippen LogP contribution in [0, 0.1) is 0 Å². The van der Waals surface area contributed by atoms with Crippen molar-refractivity contribution in [3.63, 3.8) is 0 Å². The van der Waals surface area contributed by atoms with Crippen molar-refractivity contribution in [1.29, 1.82) is 0 Å². The lowest BCUT2D eigenvalue weighted by molar-refractivity contribution is 0.414. The van der Waals surface area contributed by atoms with Gasteiger partial charge in [0.2, 0.25) is 0 Å². The highest BCUT2D eigenvalue weighted by molar-refractivity contribution is 5.31. The number of rotatable bonds is 5. The molecule has 0 aromatic heterocycles. The lowest BCUT2D eigenvalue weighted by Crippen LogP contribution is -2.19. The van der Waals surface area contributed by atoms with Crippen molar-refractivity contribution in [2.24, 2.45) is 0 Å². The van der Waals surface area contributed by atoms with Crippen LogP contribution in [-0.2, 0) is 0 Å². The maximum Gasteiger partial charge on any atom is 0.118 e. The summed E-state index contributed by atoms with van der Waals surface area (Å²) in [4.78, 5) is 0. The first-order chi connectivity index (χ1) is 7.67. The smallest absolute Gasteiger partial charge is 0.118 e. The van der Waals surface area contributed by atoms with E-state index in [2.05, 4.69) is 44.3 Å². The highest BCUT2D eigenvalue weighted by Gasteiger charge is 2.06. The minimum atomic E-state index is 0.293. The van der Waals surface area contributed by atoms with Crippen LogP contribution in [0.1, 0.15) is 32.4 Å². The normalized spacial score (nSPS) is 12.0. The number of ether oxygens (including phenoxy) is 1. The molecule has 0 heterocycles. The van der Waals surface area contributed by atoms with Crippen molar-refractivity contribution in [2.75, 3.05) is 13.7 Å². The summed E-state index contributed by atoms with van der Waals surface area (Å²) in [6, 6.07) is 8.50. The van der Waals surface area contributed by atoms with Crippen LogP contribution < -0.4 is 10.1 Å². The van der Waals surface area contributed by atoms with Gasteiger partial charge in [0.05, 0.1) is 13.2 Å². The summed E-state index contributed by atoms with van der Waals surface area (Å²) in [6.45, 7) is 7.32. The molecule has 2 heteroatoms. The van der Waals surface area contributed by atoms with E-state index in [1.54, 1.807) is 7.11 Å². The number of nitrogens with one attached hydrogen (secondary N) is 1. The van der Waals surface area contributed by atoms with E-state index in [1.165, 1.54) is 11.1 Å². The van der Waals surface area contributed by atoms with Gasteiger partial charge in [0, 0.05) is 0 Å². The van der Waals surface area contributed by atoms with Crippen LogP contribution >= 0.6 is 0 Å². The summed E-state index contributed by atoms with van der Waals surface area (Å²) in [7, 11) is 1.69. The van der Waals surface area contributed by atoms with Gasteiger partial charge >= 0.3 is 0 Å². The molecule has 0 aliphatic rings. The van der Waals surface area contributed by atoms with Gasteiger partial charge in [-0.3, -0.25) is 0 Å². The third-order valence-corrected chi connectivity index (χ3v) is 2.40. The van der Waals surface area contributed by atoms with Gasteiger partial charge in [-0.1, -0.05) is 30.7 Å². The number of allylic oxidation sites excluding steroid dienone is 1. The van der Waals surface area contributed by atoms with Crippen LogP contribution in [0.3, 0.4) is 0 Å². The van der Waals surface area contributed by atoms with Gasteiger partial charge in [-0.05, 0) is 38.1 Å². The molecule has 1 aromatic rings. The number of likely N-dealkylation sites (N-methyl/N-ethyl adjacent to an activating group) is 1. The van der Waals surface area contributed by atoms with E-state index in [4.69, 9.17) is 4.74 Å². The van der Waals surface area contributed by atoms with E-state index < -0.39 is 0 Å².